The minimum absolute atomic E-state index is 0.269. The van der Waals surface area contributed by atoms with Gasteiger partial charge in [-0.3, -0.25) is 9.48 Å². The fraction of sp³-hybridized carbons (Fsp3) is 0.435. The van der Waals surface area contributed by atoms with E-state index in [1.165, 1.54) is 14.0 Å². The molecule has 0 atom stereocenters. The van der Waals surface area contributed by atoms with E-state index in [4.69, 9.17) is 37.8 Å². The Kier molecular flexibility index (Phi) is 6.49. The van der Waals surface area contributed by atoms with Crippen molar-refractivity contribution in [3.05, 3.63) is 39.8 Å². The topological polar surface area (TPSA) is 75.4 Å². The molecule has 0 amide bonds. The van der Waals surface area contributed by atoms with Gasteiger partial charge < -0.3 is 14.0 Å². The van der Waals surface area contributed by atoms with E-state index >= 15 is 0 Å². The molecule has 4 rings (SSSR count). The summed E-state index contributed by atoms with van der Waals surface area (Å²) >= 11 is 13.0. The Hall–Kier alpha value is -2.51. The molecule has 0 spiro atoms. The number of halogens is 2. The average molecular weight is 478 g/mol. The van der Waals surface area contributed by atoms with Crippen LogP contribution in [0.2, 0.25) is 5.02 Å². The fourth-order valence-electron chi connectivity index (χ4n) is 4.68. The van der Waals surface area contributed by atoms with Crippen molar-refractivity contribution in [2.75, 3.05) is 13.7 Å². The van der Waals surface area contributed by atoms with E-state index in [0.29, 0.717) is 23.6 Å². The zero-order chi connectivity index (χ0) is 23.0. The summed E-state index contributed by atoms with van der Waals surface area (Å²) in [5.74, 6) is -0.481. The van der Waals surface area contributed by atoms with E-state index in [2.05, 4.69) is 0 Å². The molecule has 0 bridgehead atoms. The Morgan fingerprint density at radius 2 is 2.03 bits per heavy atom. The van der Waals surface area contributed by atoms with Crippen LogP contribution in [-0.2, 0) is 46.6 Å². The minimum Gasteiger partial charge on any atom is -0.466 e. The average Bonchev–Trinajstić information content (AvgIpc) is 3.43. The van der Waals surface area contributed by atoms with Gasteiger partial charge in [-0.2, -0.15) is 5.10 Å². The molecule has 0 radical (unpaired) electrons. The van der Waals surface area contributed by atoms with Crippen molar-refractivity contribution in [2.24, 2.45) is 7.05 Å². The zero-order valence-electron chi connectivity index (χ0n) is 18.3. The Morgan fingerprint density at radius 1 is 1.25 bits per heavy atom. The van der Waals surface area contributed by atoms with Gasteiger partial charge in [0.25, 0.3) is 0 Å². The highest BCUT2D eigenvalue weighted by molar-refractivity contribution is 6.35. The maximum atomic E-state index is 12.8. The fourth-order valence-corrected chi connectivity index (χ4v) is 5.12. The summed E-state index contributed by atoms with van der Waals surface area (Å²) in [7, 11) is 3.21. The second-order valence-electron chi connectivity index (χ2n) is 7.87. The second kappa shape index (κ2) is 9.16. The molecule has 1 aliphatic heterocycles. The lowest BCUT2D eigenvalue weighted by Gasteiger charge is -2.11. The molecule has 3 aromatic rings. The van der Waals surface area contributed by atoms with Gasteiger partial charge in [0.15, 0.2) is 0 Å². The normalized spacial score (nSPS) is 12.9. The summed E-state index contributed by atoms with van der Waals surface area (Å²) in [6.07, 6.45) is 3.05. The summed E-state index contributed by atoms with van der Waals surface area (Å²) < 4.78 is 14.0. The number of hydrogen-bond acceptors (Lipinski definition) is 5. The van der Waals surface area contributed by atoms with Crippen LogP contribution in [-0.4, -0.2) is 40.0 Å². The van der Waals surface area contributed by atoms with E-state index in [0.717, 1.165) is 58.4 Å². The molecule has 32 heavy (non-hydrogen) atoms. The summed E-state index contributed by atoms with van der Waals surface area (Å²) in [5, 5.41) is 6.19. The second-order valence-corrected chi connectivity index (χ2v) is 8.54. The molecule has 0 saturated heterocycles. The van der Waals surface area contributed by atoms with Crippen LogP contribution in [0.5, 0.6) is 0 Å². The molecule has 0 fully saturated rings. The monoisotopic (exact) mass is 477 g/mol. The van der Waals surface area contributed by atoms with Gasteiger partial charge in [-0.15, -0.1) is 11.6 Å². The number of alkyl halides is 1. The van der Waals surface area contributed by atoms with Crippen molar-refractivity contribution in [2.45, 2.75) is 45.0 Å². The Balaban J connectivity index is 1.94. The first kappa shape index (κ1) is 22.7. The van der Waals surface area contributed by atoms with Gasteiger partial charge in [0.05, 0.1) is 35.8 Å². The number of carbonyl (C=O) groups is 2. The summed E-state index contributed by atoms with van der Waals surface area (Å²) in [6, 6.07) is 3.78. The SMILES string of the molecule is COC(=O)c1c(CCCOC(C)=O)c2ccc(Cl)c(-c3c(CCl)nn4c3CCC4)c2n1C. The molecule has 0 unspecified atom stereocenters. The molecular weight excluding hydrogens is 453 g/mol. The molecule has 3 heterocycles. The highest BCUT2D eigenvalue weighted by atomic mass is 35.5. The van der Waals surface area contributed by atoms with Gasteiger partial charge in [0, 0.05) is 42.7 Å². The van der Waals surface area contributed by atoms with Crippen molar-refractivity contribution in [1.29, 1.82) is 0 Å². The summed E-state index contributed by atoms with van der Waals surface area (Å²) in [5.41, 5.74) is 5.84. The van der Waals surface area contributed by atoms with E-state index in [9.17, 15) is 9.59 Å². The molecule has 170 valence electrons. The lowest BCUT2D eigenvalue weighted by molar-refractivity contribution is -0.141. The molecule has 0 N–H and O–H groups in total. The number of aryl methyl sites for hydroxylation is 3. The third kappa shape index (κ3) is 3.77. The quantitative estimate of drug-likeness (QED) is 0.281. The van der Waals surface area contributed by atoms with Crippen molar-refractivity contribution < 1.29 is 19.1 Å². The molecular formula is C23H25Cl2N3O4. The standard InChI is InChI=1S/C23H25Cl2N3O4/c1-13(29)32-11-5-6-14-15-8-9-16(25)19(21(15)27(2)22(14)23(30)31-3)20-17(12-24)26-28-10-4-7-18(20)28/h8-9H,4-7,10-12H2,1-3H3. The minimum atomic E-state index is -0.425. The maximum absolute atomic E-state index is 12.8. The maximum Gasteiger partial charge on any atom is 0.354 e. The van der Waals surface area contributed by atoms with Crippen LogP contribution < -0.4 is 0 Å². The van der Waals surface area contributed by atoms with Gasteiger partial charge in [0.1, 0.15) is 5.69 Å². The third-order valence-electron chi connectivity index (χ3n) is 5.95. The number of hydrogen-bond donors (Lipinski definition) is 0. The molecule has 0 aliphatic carbocycles. The molecule has 2 aromatic heterocycles. The number of carbonyl (C=O) groups excluding carboxylic acids is 2. The van der Waals surface area contributed by atoms with Gasteiger partial charge in [0.2, 0.25) is 0 Å². The Morgan fingerprint density at radius 3 is 2.72 bits per heavy atom. The molecule has 1 aromatic carbocycles. The zero-order valence-corrected chi connectivity index (χ0v) is 19.8. The lowest BCUT2D eigenvalue weighted by atomic mass is 9.97. The number of aromatic nitrogens is 3. The predicted octanol–water partition coefficient (Wildman–Crippen LogP) is 4.66. The van der Waals surface area contributed by atoms with Gasteiger partial charge in [-0.25, -0.2) is 4.79 Å². The van der Waals surface area contributed by atoms with Crippen molar-refractivity contribution in [3.8, 4) is 11.1 Å². The van der Waals surface area contributed by atoms with Crippen molar-refractivity contribution in [1.82, 2.24) is 14.3 Å². The first-order valence-corrected chi connectivity index (χ1v) is 11.5. The van der Waals surface area contributed by atoms with Crippen LogP contribution in [0.4, 0.5) is 0 Å². The van der Waals surface area contributed by atoms with Crippen molar-refractivity contribution in [3.63, 3.8) is 0 Å². The van der Waals surface area contributed by atoms with Crippen LogP contribution >= 0.6 is 23.2 Å². The number of methoxy groups -OCH3 is 1. The van der Waals surface area contributed by atoms with E-state index in [1.54, 1.807) is 0 Å². The number of ether oxygens (including phenoxy) is 2. The van der Waals surface area contributed by atoms with E-state index < -0.39 is 5.97 Å². The molecule has 0 saturated carbocycles. The first-order chi connectivity index (χ1) is 15.4. The van der Waals surface area contributed by atoms with Gasteiger partial charge in [-0.1, -0.05) is 17.7 Å². The summed E-state index contributed by atoms with van der Waals surface area (Å²) in [4.78, 5) is 23.9. The van der Waals surface area contributed by atoms with Crippen LogP contribution in [0, 0.1) is 0 Å². The Labute approximate surface area is 196 Å². The van der Waals surface area contributed by atoms with E-state index in [-0.39, 0.29) is 18.5 Å². The van der Waals surface area contributed by atoms with Gasteiger partial charge >= 0.3 is 11.9 Å². The van der Waals surface area contributed by atoms with Crippen molar-refractivity contribution >= 4 is 46.0 Å². The van der Waals surface area contributed by atoms with Crippen LogP contribution in [0.25, 0.3) is 22.0 Å². The highest BCUT2D eigenvalue weighted by Crippen LogP contribution is 2.43. The van der Waals surface area contributed by atoms with Crippen LogP contribution in [0.1, 0.15) is 47.2 Å². The van der Waals surface area contributed by atoms with E-state index in [1.807, 2.05) is 28.4 Å². The molecule has 9 heteroatoms. The molecule has 1 aliphatic rings. The number of benzene rings is 1. The smallest absolute Gasteiger partial charge is 0.354 e. The van der Waals surface area contributed by atoms with Crippen LogP contribution in [0.15, 0.2) is 12.1 Å². The van der Waals surface area contributed by atoms with Gasteiger partial charge in [-0.05, 0) is 37.3 Å². The number of rotatable bonds is 7. The number of esters is 2. The highest BCUT2D eigenvalue weighted by Gasteiger charge is 2.29. The third-order valence-corrected chi connectivity index (χ3v) is 6.52. The lowest BCUT2D eigenvalue weighted by Crippen LogP contribution is -2.11. The predicted molar refractivity (Wildman–Crippen MR) is 123 cm³/mol. The number of fused-ring (bicyclic) bond motifs is 2. The summed E-state index contributed by atoms with van der Waals surface area (Å²) in [6.45, 7) is 2.51. The largest absolute Gasteiger partial charge is 0.466 e. The number of nitrogens with zero attached hydrogens (tertiary/aromatic N) is 3. The van der Waals surface area contributed by atoms with Crippen LogP contribution in [0.3, 0.4) is 0 Å². The molecule has 7 nitrogen and oxygen atoms in total. The first-order valence-electron chi connectivity index (χ1n) is 10.5. The Bertz CT molecular complexity index is 1210.